The Bertz CT molecular complexity index is 579. The van der Waals surface area contributed by atoms with Crippen molar-refractivity contribution >= 4 is 30.7 Å². The number of nitrogens with zero attached hydrogens (tertiary/aromatic N) is 3. The van der Waals surface area contributed by atoms with Gasteiger partial charge in [-0.3, -0.25) is 14.7 Å². The number of aromatic nitrogens is 1. The summed E-state index contributed by atoms with van der Waals surface area (Å²) in [5, 5.41) is 6.71. The molecular weight excluding hydrogens is 385 g/mol. The Hall–Kier alpha value is -0.920. The van der Waals surface area contributed by atoms with Crippen molar-refractivity contribution in [1.29, 1.82) is 0 Å². The van der Waals surface area contributed by atoms with Gasteiger partial charge in [-0.05, 0) is 37.3 Å². The number of halogens is 2. The van der Waals surface area contributed by atoms with Gasteiger partial charge in [0.15, 0.2) is 0 Å². The monoisotopic (exact) mass is 415 g/mol. The number of piperazine rings is 1. The van der Waals surface area contributed by atoms with Crippen molar-refractivity contribution in [1.82, 2.24) is 25.4 Å². The molecule has 1 aliphatic carbocycles. The van der Waals surface area contributed by atoms with Crippen LogP contribution in [0.4, 0.5) is 0 Å². The van der Waals surface area contributed by atoms with E-state index >= 15 is 0 Å². The van der Waals surface area contributed by atoms with E-state index < -0.39 is 0 Å². The van der Waals surface area contributed by atoms with Crippen molar-refractivity contribution in [2.45, 2.75) is 43.8 Å². The van der Waals surface area contributed by atoms with Crippen LogP contribution in [-0.2, 0) is 4.79 Å². The average Bonchev–Trinajstić information content (AvgIpc) is 3.49. The first kappa shape index (κ1) is 22.4. The normalized spacial score (nSPS) is 24.5. The predicted octanol–water partition coefficient (Wildman–Crippen LogP) is 1.61. The molecule has 152 valence electrons. The van der Waals surface area contributed by atoms with Gasteiger partial charge in [-0.15, -0.1) is 24.8 Å². The summed E-state index contributed by atoms with van der Waals surface area (Å²) in [5.74, 6) is 0.167. The molecule has 0 bridgehead atoms. The highest BCUT2D eigenvalue weighted by Gasteiger charge is 2.32. The summed E-state index contributed by atoms with van der Waals surface area (Å²) in [7, 11) is 0. The van der Waals surface area contributed by atoms with Gasteiger partial charge in [0.25, 0.3) is 0 Å². The summed E-state index contributed by atoms with van der Waals surface area (Å²) in [4.78, 5) is 21.7. The van der Waals surface area contributed by atoms with Crippen LogP contribution in [-0.4, -0.2) is 72.0 Å². The zero-order valence-corrected chi connectivity index (χ0v) is 17.3. The van der Waals surface area contributed by atoms with Gasteiger partial charge in [0.05, 0.1) is 6.54 Å². The molecule has 3 fully saturated rings. The number of piperidine rings is 1. The van der Waals surface area contributed by atoms with Crippen molar-refractivity contribution in [3.8, 4) is 0 Å². The van der Waals surface area contributed by atoms with E-state index in [0.29, 0.717) is 12.6 Å². The standard InChI is InChI=1S/C19H29N5O.2ClH/c25-19(22-16-5-9-23(10-6-16)17-3-4-17)14-24-11-8-21-13-18(24)15-2-1-7-20-12-15;;/h1-2,7,12,16-18,21H,3-6,8-11,13-14H2,(H,22,25);2*1H. The summed E-state index contributed by atoms with van der Waals surface area (Å²) in [6.07, 6.45) is 8.64. The number of rotatable bonds is 5. The lowest BCUT2D eigenvalue weighted by Gasteiger charge is -2.37. The lowest BCUT2D eigenvalue weighted by atomic mass is 10.0. The minimum Gasteiger partial charge on any atom is -0.352 e. The molecule has 1 atom stereocenters. The molecule has 1 saturated carbocycles. The third-order valence-electron chi connectivity index (χ3n) is 5.73. The average molecular weight is 416 g/mol. The zero-order chi connectivity index (χ0) is 17.1. The maximum absolute atomic E-state index is 12.6. The Balaban J connectivity index is 0.00000131. The van der Waals surface area contributed by atoms with Gasteiger partial charge in [0.1, 0.15) is 0 Å². The van der Waals surface area contributed by atoms with Crippen LogP contribution >= 0.6 is 24.8 Å². The maximum atomic E-state index is 12.6. The lowest BCUT2D eigenvalue weighted by Crippen LogP contribution is -2.52. The summed E-state index contributed by atoms with van der Waals surface area (Å²) in [6.45, 7) is 5.46. The number of pyridine rings is 1. The minimum absolute atomic E-state index is 0. The highest BCUT2D eigenvalue weighted by atomic mass is 35.5. The molecule has 6 nitrogen and oxygen atoms in total. The molecule has 1 unspecified atom stereocenters. The lowest BCUT2D eigenvalue weighted by molar-refractivity contribution is -0.124. The minimum atomic E-state index is 0. The summed E-state index contributed by atoms with van der Waals surface area (Å²) in [6, 6.07) is 5.49. The number of hydrogen-bond acceptors (Lipinski definition) is 5. The molecule has 2 aliphatic heterocycles. The molecule has 1 aromatic rings. The van der Waals surface area contributed by atoms with Gasteiger partial charge in [-0.1, -0.05) is 6.07 Å². The van der Waals surface area contributed by atoms with Crippen LogP contribution in [0.5, 0.6) is 0 Å². The highest BCUT2D eigenvalue weighted by molar-refractivity contribution is 5.85. The van der Waals surface area contributed by atoms with E-state index in [9.17, 15) is 4.79 Å². The van der Waals surface area contributed by atoms with E-state index in [0.717, 1.165) is 51.6 Å². The molecule has 0 spiro atoms. The molecule has 0 radical (unpaired) electrons. The van der Waals surface area contributed by atoms with Crippen molar-refractivity contribution < 1.29 is 4.79 Å². The first-order valence-corrected chi connectivity index (χ1v) is 9.68. The van der Waals surface area contributed by atoms with Crippen molar-refractivity contribution in [3.05, 3.63) is 30.1 Å². The quantitative estimate of drug-likeness (QED) is 0.764. The number of nitrogens with one attached hydrogen (secondary N) is 2. The molecule has 0 aromatic carbocycles. The number of amides is 1. The third-order valence-corrected chi connectivity index (χ3v) is 5.73. The molecular formula is C19H31Cl2N5O. The first-order valence-electron chi connectivity index (χ1n) is 9.68. The number of carbonyl (C=O) groups excluding carboxylic acids is 1. The Morgan fingerprint density at radius 1 is 1.19 bits per heavy atom. The van der Waals surface area contributed by atoms with Crippen LogP contribution in [0.3, 0.4) is 0 Å². The Morgan fingerprint density at radius 3 is 2.63 bits per heavy atom. The fraction of sp³-hybridized carbons (Fsp3) is 0.684. The van der Waals surface area contributed by atoms with Gasteiger partial charge in [-0.25, -0.2) is 0 Å². The van der Waals surface area contributed by atoms with Crippen LogP contribution < -0.4 is 10.6 Å². The molecule has 3 aliphatic rings. The SMILES string of the molecule is Cl.Cl.O=C(CN1CCNCC1c1cccnc1)NC1CCN(C2CC2)CC1. The number of hydrogen-bond donors (Lipinski definition) is 2. The van der Waals surface area contributed by atoms with Gasteiger partial charge in [0, 0.05) is 63.2 Å². The van der Waals surface area contributed by atoms with E-state index in [-0.39, 0.29) is 36.8 Å². The third kappa shape index (κ3) is 6.03. The Kier molecular flexibility index (Phi) is 8.76. The van der Waals surface area contributed by atoms with Crippen LogP contribution in [0.25, 0.3) is 0 Å². The van der Waals surface area contributed by atoms with Gasteiger partial charge >= 0.3 is 0 Å². The maximum Gasteiger partial charge on any atom is 0.234 e. The molecule has 8 heteroatoms. The van der Waals surface area contributed by atoms with Crippen molar-refractivity contribution in [3.63, 3.8) is 0 Å². The molecule has 2 N–H and O–H groups in total. The van der Waals surface area contributed by atoms with E-state index in [2.05, 4.69) is 31.5 Å². The van der Waals surface area contributed by atoms with Crippen LogP contribution in [0.2, 0.25) is 0 Å². The van der Waals surface area contributed by atoms with E-state index in [1.54, 1.807) is 6.20 Å². The first-order chi connectivity index (χ1) is 12.3. The topological polar surface area (TPSA) is 60.5 Å². The molecule has 27 heavy (non-hydrogen) atoms. The van der Waals surface area contributed by atoms with Gasteiger partial charge in [0.2, 0.25) is 5.91 Å². The fourth-order valence-corrected chi connectivity index (χ4v) is 4.14. The second-order valence-corrected chi connectivity index (χ2v) is 7.59. The smallest absolute Gasteiger partial charge is 0.234 e. The van der Waals surface area contributed by atoms with Crippen molar-refractivity contribution in [2.75, 3.05) is 39.3 Å². The molecule has 4 rings (SSSR count). The fourth-order valence-electron chi connectivity index (χ4n) is 4.14. The number of carbonyl (C=O) groups is 1. The van der Waals surface area contributed by atoms with Crippen molar-refractivity contribution in [2.24, 2.45) is 0 Å². The summed E-state index contributed by atoms with van der Waals surface area (Å²) in [5.41, 5.74) is 1.18. The zero-order valence-electron chi connectivity index (χ0n) is 15.7. The van der Waals surface area contributed by atoms with E-state index in [1.165, 1.54) is 18.4 Å². The van der Waals surface area contributed by atoms with Gasteiger partial charge < -0.3 is 15.5 Å². The second-order valence-electron chi connectivity index (χ2n) is 7.59. The Morgan fingerprint density at radius 2 is 1.96 bits per heavy atom. The van der Waals surface area contributed by atoms with Crippen LogP contribution in [0.15, 0.2) is 24.5 Å². The number of likely N-dealkylation sites (tertiary alicyclic amines) is 1. The van der Waals surface area contributed by atoms with Gasteiger partial charge in [-0.2, -0.15) is 0 Å². The molecule has 1 aromatic heterocycles. The largest absolute Gasteiger partial charge is 0.352 e. The summed E-state index contributed by atoms with van der Waals surface area (Å²) >= 11 is 0. The molecule has 1 amide bonds. The van der Waals surface area contributed by atoms with E-state index in [1.807, 2.05) is 12.3 Å². The second kappa shape index (κ2) is 10.6. The van der Waals surface area contributed by atoms with Crippen LogP contribution in [0.1, 0.15) is 37.3 Å². The van der Waals surface area contributed by atoms with E-state index in [4.69, 9.17) is 0 Å². The van der Waals surface area contributed by atoms with Crippen LogP contribution in [0, 0.1) is 0 Å². The summed E-state index contributed by atoms with van der Waals surface area (Å²) < 4.78 is 0. The molecule has 2 saturated heterocycles. The Labute approximate surface area is 174 Å². The molecule has 3 heterocycles. The highest BCUT2D eigenvalue weighted by Crippen LogP contribution is 2.29. The predicted molar refractivity (Wildman–Crippen MR) is 112 cm³/mol.